The van der Waals surface area contributed by atoms with Crippen LogP contribution in [0.25, 0.3) is 5.69 Å². The van der Waals surface area contributed by atoms with Crippen LogP contribution in [0.3, 0.4) is 0 Å². The van der Waals surface area contributed by atoms with E-state index < -0.39 is 36.9 Å². The molecule has 0 aliphatic carbocycles. The minimum absolute atomic E-state index is 0.252. The van der Waals surface area contributed by atoms with Crippen molar-refractivity contribution in [2.24, 2.45) is 0 Å². The van der Waals surface area contributed by atoms with Gasteiger partial charge in [0.05, 0.1) is 38.4 Å². The summed E-state index contributed by atoms with van der Waals surface area (Å²) in [6.07, 6.45) is 1.42. The summed E-state index contributed by atoms with van der Waals surface area (Å²) in [7, 11) is 2.38. The lowest BCUT2D eigenvalue weighted by atomic mass is 10.1. The molecule has 30 heavy (non-hydrogen) atoms. The van der Waals surface area contributed by atoms with Crippen LogP contribution >= 0.6 is 0 Å². The summed E-state index contributed by atoms with van der Waals surface area (Å²) in [5, 5.41) is 4.20. The second-order valence-corrected chi connectivity index (χ2v) is 6.14. The van der Waals surface area contributed by atoms with Gasteiger partial charge in [-0.05, 0) is 38.1 Å². The standard InChI is InChI=1S/C20H23N3O7/c1-5-30-20(27)16-10-21-23(13(16)2)15-8-6-14(7-9-15)19(26)22(11-17(24)28-3)12-18(25)29-4/h6-10H,5,11-12H2,1-4H3. The highest BCUT2D eigenvalue weighted by Gasteiger charge is 2.23. The van der Waals surface area contributed by atoms with Crippen molar-refractivity contribution in [3.63, 3.8) is 0 Å². The average Bonchev–Trinajstić information content (AvgIpc) is 3.14. The Hall–Kier alpha value is -3.69. The van der Waals surface area contributed by atoms with Gasteiger partial charge in [-0.25, -0.2) is 9.48 Å². The summed E-state index contributed by atoms with van der Waals surface area (Å²) in [5.74, 6) is -2.33. The van der Waals surface area contributed by atoms with E-state index in [-0.39, 0.29) is 12.2 Å². The van der Waals surface area contributed by atoms with Crippen LogP contribution in [-0.4, -0.2) is 72.4 Å². The molecule has 160 valence electrons. The number of aromatic nitrogens is 2. The van der Waals surface area contributed by atoms with Crippen molar-refractivity contribution in [3.8, 4) is 5.69 Å². The number of hydrogen-bond acceptors (Lipinski definition) is 8. The molecule has 0 N–H and O–H groups in total. The van der Waals surface area contributed by atoms with Crippen LogP contribution in [-0.2, 0) is 23.8 Å². The Labute approximate surface area is 173 Å². The molecule has 0 saturated carbocycles. The molecular weight excluding hydrogens is 394 g/mol. The summed E-state index contributed by atoms with van der Waals surface area (Å²) in [6, 6.07) is 6.34. The van der Waals surface area contributed by atoms with Crippen LogP contribution in [0.1, 0.15) is 33.3 Å². The Morgan fingerprint density at radius 2 is 1.57 bits per heavy atom. The van der Waals surface area contributed by atoms with E-state index in [1.165, 1.54) is 32.5 Å². The van der Waals surface area contributed by atoms with Crippen molar-refractivity contribution in [1.29, 1.82) is 0 Å². The molecule has 1 heterocycles. The zero-order valence-corrected chi connectivity index (χ0v) is 17.2. The van der Waals surface area contributed by atoms with Gasteiger partial charge in [0.1, 0.15) is 18.7 Å². The summed E-state index contributed by atoms with van der Waals surface area (Å²) in [4.78, 5) is 48.9. The quantitative estimate of drug-likeness (QED) is 0.464. The molecule has 1 amide bonds. The summed E-state index contributed by atoms with van der Waals surface area (Å²) in [5.41, 5.74) is 1.80. The summed E-state index contributed by atoms with van der Waals surface area (Å²) < 4.78 is 15.7. The predicted octanol–water partition coefficient (Wildman–Crippen LogP) is 1.15. The van der Waals surface area contributed by atoms with Crippen LogP contribution in [0, 0.1) is 6.92 Å². The number of carbonyl (C=O) groups excluding carboxylic acids is 4. The van der Waals surface area contributed by atoms with E-state index in [0.29, 0.717) is 16.9 Å². The van der Waals surface area contributed by atoms with Crippen LogP contribution in [0.4, 0.5) is 0 Å². The maximum Gasteiger partial charge on any atom is 0.341 e. The largest absolute Gasteiger partial charge is 0.468 e. The first-order valence-corrected chi connectivity index (χ1v) is 9.07. The van der Waals surface area contributed by atoms with Gasteiger partial charge in [-0.15, -0.1) is 0 Å². The average molecular weight is 417 g/mol. The van der Waals surface area contributed by atoms with Gasteiger partial charge in [0.15, 0.2) is 0 Å². The van der Waals surface area contributed by atoms with Crippen molar-refractivity contribution >= 4 is 23.8 Å². The number of hydrogen-bond donors (Lipinski definition) is 0. The van der Waals surface area contributed by atoms with Gasteiger partial charge >= 0.3 is 17.9 Å². The molecule has 10 heteroatoms. The lowest BCUT2D eigenvalue weighted by Crippen LogP contribution is -2.40. The van der Waals surface area contributed by atoms with Crippen LogP contribution in [0.5, 0.6) is 0 Å². The normalized spacial score (nSPS) is 10.3. The van der Waals surface area contributed by atoms with Gasteiger partial charge in [-0.3, -0.25) is 14.4 Å². The highest BCUT2D eigenvalue weighted by Crippen LogP contribution is 2.17. The molecule has 2 rings (SSSR count). The SMILES string of the molecule is CCOC(=O)c1cnn(-c2ccc(C(=O)N(CC(=O)OC)CC(=O)OC)cc2)c1C. The maximum absolute atomic E-state index is 12.8. The molecular formula is C20H23N3O7. The fourth-order valence-electron chi connectivity index (χ4n) is 2.65. The lowest BCUT2D eigenvalue weighted by molar-refractivity contribution is -0.144. The summed E-state index contributed by atoms with van der Waals surface area (Å²) in [6.45, 7) is 2.92. The van der Waals surface area contributed by atoms with Crippen molar-refractivity contribution in [2.45, 2.75) is 13.8 Å². The van der Waals surface area contributed by atoms with Gasteiger partial charge in [0.25, 0.3) is 5.91 Å². The van der Waals surface area contributed by atoms with Gasteiger partial charge in [0.2, 0.25) is 0 Å². The third-order valence-electron chi connectivity index (χ3n) is 4.25. The Kier molecular flexibility index (Phi) is 7.68. The smallest absolute Gasteiger partial charge is 0.341 e. The molecule has 1 aromatic heterocycles. The van der Waals surface area contributed by atoms with E-state index in [1.807, 2.05) is 0 Å². The molecule has 0 spiro atoms. The van der Waals surface area contributed by atoms with Crippen LogP contribution < -0.4 is 0 Å². The maximum atomic E-state index is 12.8. The first kappa shape index (κ1) is 22.6. The molecule has 0 fully saturated rings. The molecule has 1 aromatic carbocycles. The predicted molar refractivity (Wildman–Crippen MR) is 104 cm³/mol. The second-order valence-electron chi connectivity index (χ2n) is 6.14. The van der Waals surface area contributed by atoms with E-state index in [0.717, 1.165) is 4.90 Å². The molecule has 0 unspecified atom stereocenters. The minimum atomic E-state index is -0.664. The monoisotopic (exact) mass is 417 g/mol. The van der Waals surface area contributed by atoms with Gasteiger partial charge in [-0.2, -0.15) is 5.10 Å². The number of carbonyl (C=O) groups is 4. The highest BCUT2D eigenvalue weighted by molar-refractivity contribution is 5.98. The first-order valence-electron chi connectivity index (χ1n) is 9.07. The van der Waals surface area contributed by atoms with E-state index in [1.54, 1.807) is 30.7 Å². The molecule has 0 radical (unpaired) electrons. The zero-order chi connectivity index (χ0) is 22.3. The van der Waals surface area contributed by atoms with E-state index >= 15 is 0 Å². The molecule has 2 aromatic rings. The molecule has 0 bridgehead atoms. The topological polar surface area (TPSA) is 117 Å². The minimum Gasteiger partial charge on any atom is -0.468 e. The Morgan fingerprint density at radius 3 is 2.07 bits per heavy atom. The Bertz CT molecular complexity index is 916. The van der Waals surface area contributed by atoms with E-state index in [4.69, 9.17) is 4.74 Å². The summed E-state index contributed by atoms with van der Waals surface area (Å²) >= 11 is 0. The van der Waals surface area contributed by atoms with Gasteiger partial charge < -0.3 is 19.1 Å². The molecule has 0 aliphatic heterocycles. The zero-order valence-electron chi connectivity index (χ0n) is 17.2. The molecule has 0 saturated heterocycles. The third kappa shape index (κ3) is 5.22. The van der Waals surface area contributed by atoms with Crippen molar-refractivity contribution in [1.82, 2.24) is 14.7 Å². The fraction of sp³-hybridized carbons (Fsp3) is 0.350. The van der Waals surface area contributed by atoms with Crippen molar-refractivity contribution in [3.05, 3.63) is 47.3 Å². The molecule has 10 nitrogen and oxygen atoms in total. The molecule has 0 atom stereocenters. The Morgan fingerprint density at radius 1 is 1.00 bits per heavy atom. The molecule has 0 aliphatic rings. The number of rotatable bonds is 8. The number of amides is 1. The van der Waals surface area contributed by atoms with Gasteiger partial charge in [0, 0.05) is 5.56 Å². The Balaban J connectivity index is 2.25. The number of nitrogens with zero attached hydrogens (tertiary/aromatic N) is 3. The first-order chi connectivity index (χ1) is 14.3. The third-order valence-corrected chi connectivity index (χ3v) is 4.25. The van der Waals surface area contributed by atoms with Crippen molar-refractivity contribution in [2.75, 3.05) is 33.9 Å². The second kappa shape index (κ2) is 10.2. The number of esters is 3. The number of benzene rings is 1. The highest BCUT2D eigenvalue weighted by atomic mass is 16.5. The number of ether oxygens (including phenoxy) is 3. The lowest BCUT2D eigenvalue weighted by Gasteiger charge is -2.20. The fourth-order valence-corrected chi connectivity index (χ4v) is 2.65. The van der Waals surface area contributed by atoms with Crippen molar-refractivity contribution < 1.29 is 33.4 Å². The number of methoxy groups -OCH3 is 2. The van der Waals surface area contributed by atoms with Crippen LogP contribution in [0.15, 0.2) is 30.5 Å². The van der Waals surface area contributed by atoms with E-state index in [9.17, 15) is 19.2 Å². The van der Waals surface area contributed by atoms with Gasteiger partial charge in [-0.1, -0.05) is 0 Å². The van der Waals surface area contributed by atoms with Crippen LogP contribution in [0.2, 0.25) is 0 Å². The van der Waals surface area contributed by atoms with E-state index in [2.05, 4.69) is 14.6 Å².